The van der Waals surface area contributed by atoms with Crippen LogP contribution in [0.15, 0.2) is 179 Å². The summed E-state index contributed by atoms with van der Waals surface area (Å²) in [5.41, 5.74) is 9.70. The van der Waals surface area contributed by atoms with Crippen LogP contribution in [0.3, 0.4) is 0 Å². The number of para-hydroxylation sites is 2. The molecule has 0 atom stereocenters. The quantitative estimate of drug-likeness (QED) is 0.181. The lowest BCUT2D eigenvalue weighted by molar-refractivity contribution is 0.620. The van der Waals surface area contributed by atoms with Gasteiger partial charge in [0.2, 0.25) is 5.89 Å². The lowest BCUT2D eigenvalue weighted by atomic mass is 9.97. The maximum Gasteiger partial charge on any atom is 0.228 e. The molecule has 3 aromatic heterocycles. The molecule has 0 fully saturated rings. The van der Waals surface area contributed by atoms with Crippen molar-refractivity contribution in [3.63, 3.8) is 0 Å². The van der Waals surface area contributed by atoms with Crippen LogP contribution in [0.4, 0.5) is 17.1 Å². The molecule has 0 bridgehead atoms. The summed E-state index contributed by atoms with van der Waals surface area (Å²) in [6, 6.07) is 59.9. The van der Waals surface area contributed by atoms with E-state index in [4.69, 9.17) is 13.8 Å². The Bertz CT molecular complexity index is 3120. The van der Waals surface area contributed by atoms with Gasteiger partial charge in [0.05, 0.1) is 0 Å². The Morgan fingerprint density at radius 1 is 0.442 bits per heavy atom. The molecule has 0 radical (unpaired) electrons. The Labute approximate surface area is 302 Å². The number of thiophene rings is 1. The third-order valence-electron chi connectivity index (χ3n) is 10.1. The van der Waals surface area contributed by atoms with Gasteiger partial charge in [-0.15, -0.1) is 11.3 Å². The van der Waals surface area contributed by atoms with E-state index >= 15 is 0 Å². The van der Waals surface area contributed by atoms with Gasteiger partial charge in [-0.2, -0.15) is 0 Å². The molecule has 8 aromatic carbocycles. The van der Waals surface area contributed by atoms with E-state index in [9.17, 15) is 0 Å². The van der Waals surface area contributed by atoms with Crippen LogP contribution in [0.2, 0.25) is 0 Å². The van der Waals surface area contributed by atoms with Gasteiger partial charge in [-0.3, -0.25) is 0 Å². The Morgan fingerprint density at radius 2 is 1.15 bits per heavy atom. The number of benzene rings is 8. The second-order valence-corrected chi connectivity index (χ2v) is 14.2. The minimum Gasteiger partial charge on any atom is -0.456 e. The van der Waals surface area contributed by atoms with Crippen LogP contribution >= 0.6 is 11.3 Å². The second kappa shape index (κ2) is 11.4. The maximum atomic E-state index is 6.61. The van der Waals surface area contributed by atoms with E-state index in [0.717, 1.165) is 55.7 Å². The smallest absolute Gasteiger partial charge is 0.228 e. The molecule has 0 unspecified atom stereocenters. The third kappa shape index (κ3) is 4.57. The fourth-order valence-electron chi connectivity index (χ4n) is 7.70. The molecular formula is C47H28N2O2S. The van der Waals surface area contributed by atoms with Crippen molar-refractivity contribution in [3.8, 4) is 22.6 Å². The Morgan fingerprint density at radius 3 is 2.08 bits per heavy atom. The number of oxazole rings is 1. The van der Waals surface area contributed by atoms with Gasteiger partial charge in [0.25, 0.3) is 0 Å². The molecule has 244 valence electrons. The van der Waals surface area contributed by atoms with Crippen molar-refractivity contribution in [1.82, 2.24) is 4.98 Å². The van der Waals surface area contributed by atoms with Crippen LogP contribution < -0.4 is 4.90 Å². The number of rotatable bonds is 5. The summed E-state index contributed by atoms with van der Waals surface area (Å²) < 4.78 is 15.4. The first-order chi connectivity index (χ1) is 25.7. The zero-order valence-electron chi connectivity index (χ0n) is 27.8. The van der Waals surface area contributed by atoms with E-state index in [1.165, 1.54) is 42.1 Å². The molecule has 0 saturated heterocycles. The summed E-state index contributed by atoms with van der Waals surface area (Å²) in [4.78, 5) is 7.16. The Hall–Kier alpha value is -6.69. The van der Waals surface area contributed by atoms with Crippen LogP contribution in [-0.4, -0.2) is 4.98 Å². The molecule has 5 heteroatoms. The summed E-state index contributed by atoms with van der Waals surface area (Å²) in [5, 5.41) is 6.93. The van der Waals surface area contributed by atoms with Gasteiger partial charge in [0, 0.05) is 59.6 Å². The average molecular weight is 685 g/mol. The highest BCUT2D eigenvalue weighted by atomic mass is 32.1. The second-order valence-electron chi connectivity index (χ2n) is 13.1. The fourth-order valence-corrected chi connectivity index (χ4v) is 8.79. The molecule has 0 aliphatic heterocycles. The van der Waals surface area contributed by atoms with Crippen molar-refractivity contribution in [3.05, 3.63) is 170 Å². The van der Waals surface area contributed by atoms with E-state index in [-0.39, 0.29) is 0 Å². The van der Waals surface area contributed by atoms with Gasteiger partial charge >= 0.3 is 0 Å². The van der Waals surface area contributed by atoms with Crippen molar-refractivity contribution in [2.45, 2.75) is 0 Å². The van der Waals surface area contributed by atoms with Crippen LogP contribution in [-0.2, 0) is 0 Å². The normalized spacial score (nSPS) is 11.8. The lowest BCUT2D eigenvalue weighted by Gasteiger charge is -2.26. The first-order valence-corrected chi connectivity index (χ1v) is 18.2. The van der Waals surface area contributed by atoms with Crippen molar-refractivity contribution in [1.29, 1.82) is 0 Å². The van der Waals surface area contributed by atoms with E-state index in [1.807, 2.05) is 47.7 Å². The third-order valence-corrected chi connectivity index (χ3v) is 11.2. The molecule has 0 aliphatic carbocycles. The van der Waals surface area contributed by atoms with Crippen LogP contribution in [0.25, 0.3) is 86.6 Å². The topological polar surface area (TPSA) is 42.4 Å². The highest BCUT2D eigenvalue weighted by Crippen LogP contribution is 2.44. The summed E-state index contributed by atoms with van der Waals surface area (Å²) in [6.07, 6.45) is 0. The maximum absolute atomic E-state index is 6.61. The number of hydrogen-bond acceptors (Lipinski definition) is 5. The van der Waals surface area contributed by atoms with Gasteiger partial charge in [-0.1, -0.05) is 91.0 Å². The van der Waals surface area contributed by atoms with Gasteiger partial charge in [0.15, 0.2) is 5.58 Å². The predicted molar refractivity (Wildman–Crippen MR) is 217 cm³/mol. The zero-order chi connectivity index (χ0) is 34.2. The summed E-state index contributed by atoms with van der Waals surface area (Å²) in [7, 11) is 0. The highest BCUT2D eigenvalue weighted by Gasteiger charge is 2.20. The summed E-state index contributed by atoms with van der Waals surface area (Å²) in [6.45, 7) is 0. The van der Waals surface area contributed by atoms with Crippen LogP contribution in [0, 0.1) is 0 Å². The predicted octanol–water partition coefficient (Wildman–Crippen LogP) is 14.1. The van der Waals surface area contributed by atoms with E-state index in [0.29, 0.717) is 5.89 Å². The molecule has 0 amide bonds. The molecule has 0 N–H and O–H groups in total. The van der Waals surface area contributed by atoms with E-state index in [2.05, 4.69) is 138 Å². The highest BCUT2D eigenvalue weighted by molar-refractivity contribution is 7.25. The molecule has 4 nitrogen and oxygen atoms in total. The Balaban J connectivity index is 1.11. The molecule has 0 saturated carbocycles. The van der Waals surface area contributed by atoms with E-state index in [1.54, 1.807) is 0 Å². The minimum atomic E-state index is 0.586. The van der Waals surface area contributed by atoms with Crippen molar-refractivity contribution in [2.24, 2.45) is 0 Å². The molecule has 11 rings (SSSR count). The van der Waals surface area contributed by atoms with E-state index < -0.39 is 0 Å². The molecule has 11 aromatic rings. The first-order valence-electron chi connectivity index (χ1n) is 17.4. The standard InChI is InChI=1S/C47H28N2O2S/c1-2-10-29(11-3-1)34-14-8-12-30-26-31(20-23-35(30)34)49(32-22-25-45-39(27-32)36-13-4-7-19-44(36)52-45)33-21-24-37-43(28-33)50-42-18-9-15-38(46(37)42)47-48-40-16-5-6-17-41(40)51-47/h1-28H. The van der Waals surface area contributed by atoms with Gasteiger partial charge < -0.3 is 13.7 Å². The number of nitrogens with zero attached hydrogens (tertiary/aromatic N) is 2. The molecular weight excluding hydrogens is 657 g/mol. The largest absolute Gasteiger partial charge is 0.456 e. The van der Waals surface area contributed by atoms with Gasteiger partial charge in [-0.05, 0) is 94.7 Å². The molecule has 0 spiro atoms. The monoisotopic (exact) mass is 684 g/mol. The van der Waals surface area contributed by atoms with Crippen molar-refractivity contribution < 1.29 is 8.83 Å². The lowest BCUT2D eigenvalue weighted by Crippen LogP contribution is -2.09. The minimum absolute atomic E-state index is 0.586. The Kier molecular flexibility index (Phi) is 6.39. The SMILES string of the molecule is c1ccc(-c2cccc3cc(N(c4ccc5c(c4)oc4cccc(-c6nc7ccccc7o6)c45)c4ccc5sc6ccccc6c5c4)ccc23)cc1. The van der Waals surface area contributed by atoms with Crippen molar-refractivity contribution >= 4 is 92.4 Å². The van der Waals surface area contributed by atoms with Gasteiger partial charge in [-0.25, -0.2) is 4.98 Å². The average Bonchev–Trinajstić information content (AvgIpc) is 3.91. The van der Waals surface area contributed by atoms with Crippen LogP contribution in [0.5, 0.6) is 0 Å². The molecule has 0 aliphatic rings. The summed E-state index contributed by atoms with van der Waals surface area (Å²) >= 11 is 1.83. The number of furan rings is 1. The van der Waals surface area contributed by atoms with Crippen LogP contribution in [0.1, 0.15) is 0 Å². The summed E-state index contributed by atoms with van der Waals surface area (Å²) in [5.74, 6) is 0.586. The number of aromatic nitrogens is 1. The van der Waals surface area contributed by atoms with Crippen molar-refractivity contribution in [2.75, 3.05) is 4.90 Å². The zero-order valence-corrected chi connectivity index (χ0v) is 28.6. The number of hydrogen-bond donors (Lipinski definition) is 0. The van der Waals surface area contributed by atoms with Gasteiger partial charge in [0.1, 0.15) is 16.7 Å². The molecule has 3 heterocycles. The number of anilines is 3. The first kappa shape index (κ1) is 29.1. The fraction of sp³-hybridized carbons (Fsp3) is 0. The molecule has 52 heavy (non-hydrogen) atoms. The number of fused-ring (bicyclic) bond motifs is 8.